The summed E-state index contributed by atoms with van der Waals surface area (Å²) in [5.74, 6) is -1.10. The minimum atomic E-state index is -0.475. The quantitative estimate of drug-likeness (QED) is 0.274. The number of esters is 2. The van der Waals surface area contributed by atoms with Gasteiger partial charge in [0, 0.05) is 13.2 Å². The summed E-state index contributed by atoms with van der Waals surface area (Å²) in [6, 6.07) is 0. The van der Waals surface area contributed by atoms with Crippen LogP contribution in [0, 0.1) is 5.92 Å². The third-order valence-corrected chi connectivity index (χ3v) is 3.64. The van der Waals surface area contributed by atoms with Crippen molar-refractivity contribution in [2.45, 2.75) is 85.5 Å². The van der Waals surface area contributed by atoms with Crippen molar-refractivity contribution in [3.8, 4) is 0 Å². The first-order chi connectivity index (χ1) is 13.3. The number of Topliss-reactive ketones (excluding diaryl/α,β-unsaturated/α-hetero) is 1. The summed E-state index contributed by atoms with van der Waals surface area (Å²) in [5.41, 5.74) is 0. The van der Waals surface area contributed by atoms with E-state index < -0.39 is 5.97 Å². The lowest BCUT2D eigenvalue weighted by Gasteiger charge is -2.13. The minimum absolute atomic E-state index is 0.00259. The molecule has 0 radical (unpaired) electrons. The van der Waals surface area contributed by atoms with Gasteiger partial charge in [0.2, 0.25) is 0 Å². The zero-order valence-electron chi connectivity index (χ0n) is 18.5. The van der Waals surface area contributed by atoms with Gasteiger partial charge in [-0.1, -0.05) is 46.0 Å². The maximum Gasteiger partial charge on any atom is 0.313 e. The number of hydrogen-bond donors (Lipinski definition) is 2. The fraction of sp³-hybridized carbons (Fsp3) is 0.857. The Kier molecular flexibility index (Phi) is 28.5. The zero-order chi connectivity index (χ0) is 22.2. The van der Waals surface area contributed by atoms with Gasteiger partial charge in [-0.25, -0.2) is 0 Å². The maximum absolute atomic E-state index is 11.3. The SMILES string of the molecule is CCCCCC.CCOC(=O)C(CCO)CCCCO.COC(=O)CC(C)=O. The van der Waals surface area contributed by atoms with Crippen LogP contribution in [0.2, 0.25) is 0 Å². The number of ether oxygens (including phenoxy) is 2. The first kappa shape index (κ1) is 31.2. The molecule has 0 aliphatic heterocycles. The smallest absolute Gasteiger partial charge is 0.313 e. The molecule has 0 saturated carbocycles. The van der Waals surface area contributed by atoms with Crippen molar-refractivity contribution in [3.05, 3.63) is 0 Å². The highest BCUT2D eigenvalue weighted by Gasteiger charge is 2.18. The molecule has 28 heavy (non-hydrogen) atoms. The summed E-state index contributed by atoms with van der Waals surface area (Å²) in [4.78, 5) is 31.6. The average Bonchev–Trinajstić information content (AvgIpc) is 2.66. The number of aliphatic hydroxyl groups excluding tert-OH is 2. The first-order valence-corrected chi connectivity index (χ1v) is 10.3. The van der Waals surface area contributed by atoms with Crippen LogP contribution in [0.5, 0.6) is 0 Å². The molecular formula is C21H42O7. The molecule has 1 atom stereocenters. The predicted molar refractivity (Wildman–Crippen MR) is 110 cm³/mol. The van der Waals surface area contributed by atoms with Crippen LogP contribution in [0.15, 0.2) is 0 Å². The number of methoxy groups -OCH3 is 1. The molecule has 0 aromatic carbocycles. The highest BCUT2D eigenvalue weighted by Crippen LogP contribution is 2.14. The topological polar surface area (TPSA) is 110 Å². The molecule has 168 valence electrons. The van der Waals surface area contributed by atoms with Gasteiger partial charge in [-0.3, -0.25) is 14.4 Å². The van der Waals surface area contributed by atoms with Crippen molar-refractivity contribution in [2.75, 3.05) is 26.9 Å². The molecule has 0 bridgehead atoms. The Morgan fingerprint density at radius 3 is 1.75 bits per heavy atom. The molecule has 0 rings (SSSR count). The molecule has 0 saturated heterocycles. The lowest BCUT2D eigenvalue weighted by Crippen LogP contribution is -2.19. The van der Waals surface area contributed by atoms with Crippen molar-refractivity contribution >= 4 is 17.7 Å². The summed E-state index contributed by atoms with van der Waals surface area (Å²) in [5, 5.41) is 17.3. The fourth-order valence-corrected chi connectivity index (χ4v) is 2.07. The molecule has 0 aliphatic carbocycles. The van der Waals surface area contributed by atoms with Gasteiger partial charge in [0.15, 0.2) is 0 Å². The molecule has 0 aliphatic rings. The van der Waals surface area contributed by atoms with Crippen LogP contribution >= 0.6 is 0 Å². The molecule has 1 unspecified atom stereocenters. The third-order valence-electron chi connectivity index (χ3n) is 3.64. The largest absolute Gasteiger partial charge is 0.469 e. The van der Waals surface area contributed by atoms with E-state index in [0.29, 0.717) is 25.9 Å². The second-order valence-corrected chi connectivity index (χ2v) is 6.34. The third kappa shape index (κ3) is 26.8. The van der Waals surface area contributed by atoms with Crippen molar-refractivity contribution < 1.29 is 34.1 Å². The Hall–Kier alpha value is -1.47. The first-order valence-electron chi connectivity index (χ1n) is 10.3. The van der Waals surface area contributed by atoms with E-state index in [0.717, 1.165) is 6.42 Å². The van der Waals surface area contributed by atoms with E-state index in [2.05, 4.69) is 18.6 Å². The van der Waals surface area contributed by atoms with Gasteiger partial charge in [-0.15, -0.1) is 0 Å². The monoisotopic (exact) mass is 406 g/mol. The number of unbranched alkanes of at least 4 members (excludes halogenated alkanes) is 4. The van der Waals surface area contributed by atoms with E-state index in [-0.39, 0.29) is 37.3 Å². The van der Waals surface area contributed by atoms with Crippen molar-refractivity contribution in [3.63, 3.8) is 0 Å². The molecule has 0 fully saturated rings. The number of hydrogen-bond acceptors (Lipinski definition) is 7. The normalized spacial score (nSPS) is 10.5. The molecule has 0 spiro atoms. The lowest BCUT2D eigenvalue weighted by atomic mass is 9.99. The summed E-state index contributed by atoms with van der Waals surface area (Å²) < 4.78 is 9.08. The molecule has 0 heterocycles. The Morgan fingerprint density at radius 1 is 0.857 bits per heavy atom. The van der Waals surface area contributed by atoms with Gasteiger partial charge < -0.3 is 19.7 Å². The minimum Gasteiger partial charge on any atom is -0.469 e. The maximum atomic E-state index is 11.3. The summed E-state index contributed by atoms with van der Waals surface area (Å²) >= 11 is 0. The van der Waals surface area contributed by atoms with E-state index in [9.17, 15) is 14.4 Å². The van der Waals surface area contributed by atoms with Gasteiger partial charge >= 0.3 is 11.9 Å². The Morgan fingerprint density at radius 2 is 1.43 bits per heavy atom. The van der Waals surface area contributed by atoms with E-state index in [1.807, 2.05) is 0 Å². The Balaban J connectivity index is -0.000000376. The molecule has 0 amide bonds. The van der Waals surface area contributed by atoms with E-state index in [4.69, 9.17) is 14.9 Å². The molecule has 0 aromatic heterocycles. The van der Waals surface area contributed by atoms with Crippen LogP contribution in [0.4, 0.5) is 0 Å². The zero-order valence-corrected chi connectivity index (χ0v) is 18.5. The Bertz CT molecular complexity index is 366. The van der Waals surface area contributed by atoms with Crippen molar-refractivity contribution in [2.24, 2.45) is 5.92 Å². The van der Waals surface area contributed by atoms with Crippen LogP contribution in [-0.2, 0) is 23.9 Å². The highest BCUT2D eigenvalue weighted by atomic mass is 16.5. The van der Waals surface area contributed by atoms with E-state index >= 15 is 0 Å². The highest BCUT2D eigenvalue weighted by molar-refractivity contribution is 5.93. The van der Waals surface area contributed by atoms with Crippen LogP contribution < -0.4 is 0 Å². The number of aliphatic hydroxyl groups is 2. The van der Waals surface area contributed by atoms with E-state index in [1.54, 1.807) is 6.92 Å². The van der Waals surface area contributed by atoms with Crippen LogP contribution in [0.1, 0.15) is 85.5 Å². The molecule has 7 heteroatoms. The van der Waals surface area contributed by atoms with Gasteiger partial charge in [-0.05, 0) is 33.1 Å². The van der Waals surface area contributed by atoms with Crippen molar-refractivity contribution in [1.29, 1.82) is 0 Å². The van der Waals surface area contributed by atoms with Gasteiger partial charge in [-0.2, -0.15) is 0 Å². The predicted octanol–water partition coefficient (Wildman–Crippen LogP) is 3.44. The fourth-order valence-electron chi connectivity index (χ4n) is 2.07. The summed E-state index contributed by atoms with van der Waals surface area (Å²) in [7, 11) is 1.26. The van der Waals surface area contributed by atoms with Crippen LogP contribution in [0.3, 0.4) is 0 Å². The molecule has 0 aromatic rings. The van der Waals surface area contributed by atoms with Crippen LogP contribution in [0.25, 0.3) is 0 Å². The second-order valence-electron chi connectivity index (χ2n) is 6.34. The van der Waals surface area contributed by atoms with E-state index in [1.165, 1.54) is 39.7 Å². The summed E-state index contributed by atoms with van der Waals surface area (Å²) in [6.45, 7) is 8.10. The number of carbonyl (C=O) groups is 3. The van der Waals surface area contributed by atoms with Crippen molar-refractivity contribution in [1.82, 2.24) is 0 Å². The van der Waals surface area contributed by atoms with Gasteiger partial charge in [0.05, 0.1) is 19.6 Å². The molecule has 7 nitrogen and oxygen atoms in total. The van der Waals surface area contributed by atoms with Gasteiger partial charge in [0.1, 0.15) is 12.2 Å². The standard InChI is InChI=1S/C10H20O4.C6H14.C5H8O3/c1-2-14-10(13)9(6-8-12)5-3-4-7-11;1-3-5-6-4-2;1-4(6)3-5(7)8-2/h9,11-12H,2-8H2,1H3;3-6H2,1-2H3;3H2,1-2H3. The lowest BCUT2D eigenvalue weighted by molar-refractivity contribution is -0.149. The number of carbonyl (C=O) groups excluding carboxylic acids is 3. The average molecular weight is 407 g/mol. The second kappa shape index (κ2) is 25.5. The number of rotatable bonds is 13. The molecule has 2 N–H and O–H groups in total. The molecular weight excluding hydrogens is 364 g/mol. The number of ketones is 1. The Labute approximate surface area is 170 Å². The summed E-state index contributed by atoms with van der Waals surface area (Å²) in [6.07, 6.45) is 8.04. The van der Waals surface area contributed by atoms with Crippen LogP contribution in [-0.4, -0.2) is 54.9 Å². The van der Waals surface area contributed by atoms with Gasteiger partial charge in [0.25, 0.3) is 0 Å².